The third-order valence-corrected chi connectivity index (χ3v) is 19.2. The first kappa shape index (κ1) is 64.4. The van der Waals surface area contributed by atoms with Gasteiger partial charge < -0.3 is 53.6 Å². The number of hydrogen-bond acceptors (Lipinski definition) is 13. The van der Waals surface area contributed by atoms with E-state index in [1.54, 1.807) is 87.0 Å². The third kappa shape index (κ3) is 12.4. The average Bonchev–Trinajstić information content (AvgIpc) is 1.58. The topological polar surface area (TPSA) is 253 Å². The normalized spacial score (nSPS) is 17.0. The number of nitrogens with one attached hydrogen (secondary N) is 4. The molecule has 98 heavy (non-hydrogen) atoms. The molecule has 0 radical (unpaired) electrons. The molecule has 2 saturated heterocycles. The molecule has 2 fully saturated rings. The van der Waals surface area contributed by atoms with E-state index in [1.807, 2.05) is 77.3 Å². The minimum absolute atomic E-state index is 0.103. The van der Waals surface area contributed by atoms with Crippen LogP contribution in [0.2, 0.25) is 0 Å². The predicted octanol–water partition coefficient (Wildman–Crippen LogP) is 8.62. The van der Waals surface area contributed by atoms with E-state index < -0.39 is 40.9 Å². The van der Waals surface area contributed by atoms with Crippen LogP contribution in [0.1, 0.15) is 85.7 Å². The van der Waals surface area contributed by atoms with E-state index >= 15 is 8.78 Å². The van der Waals surface area contributed by atoms with Gasteiger partial charge in [-0.1, -0.05) is 12.1 Å². The van der Waals surface area contributed by atoms with Crippen molar-refractivity contribution in [3.63, 3.8) is 0 Å². The van der Waals surface area contributed by atoms with E-state index in [0.29, 0.717) is 137 Å². The van der Waals surface area contributed by atoms with Gasteiger partial charge in [0.05, 0.1) is 77.9 Å². The first-order chi connectivity index (χ1) is 47.3. The highest BCUT2D eigenvalue weighted by Crippen LogP contribution is 2.41. The summed E-state index contributed by atoms with van der Waals surface area (Å²) in [5, 5.41) is 12.3. The van der Waals surface area contributed by atoms with Gasteiger partial charge >= 0.3 is 18.2 Å². The van der Waals surface area contributed by atoms with Gasteiger partial charge in [-0.2, -0.15) is 0 Å². The Morgan fingerprint density at radius 2 is 1.16 bits per heavy atom. The molecule has 6 aromatic heterocycles. The van der Waals surface area contributed by atoms with E-state index in [1.165, 1.54) is 24.3 Å². The SMILES string of the molecule is COc1ccc(CN(CC2CCN(C(=O)OC(C)(C)C)CC2)C(=O)N2CCn3cc(C4=C(c5cnc6ccccn56)C(=O)NC4=O)c4cc(F)cc(c43)C2)c(OC)c1.O=C1NC(=O)C(c2cnc3ccccn23)=C1c1cn2c3c(cc(F)cc13)CN(C(=O)NCC1CCNCC1)CC2. The molecular formula is C72H74F2N14O10. The van der Waals surface area contributed by atoms with Crippen molar-refractivity contribution in [1.82, 2.24) is 68.8 Å². The Balaban J connectivity index is 0.000000179. The molecule has 0 spiro atoms. The molecule has 0 unspecified atom stereocenters. The van der Waals surface area contributed by atoms with Crippen LogP contribution < -0.4 is 30.7 Å². The Bertz CT molecular complexity index is 4810. The number of rotatable bonds is 12. The van der Waals surface area contributed by atoms with Crippen molar-refractivity contribution in [3.8, 4) is 11.5 Å². The van der Waals surface area contributed by atoms with Gasteiger partial charge in [-0.3, -0.25) is 38.6 Å². The molecule has 26 heteroatoms. The maximum atomic E-state index is 15.7. The van der Waals surface area contributed by atoms with Gasteiger partial charge in [0.1, 0.15) is 40.0 Å². The second-order valence-electron chi connectivity index (χ2n) is 26.6. The number of hydrogen-bond donors (Lipinski definition) is 4. The van der Waals surface area contributed by atoms with Crippen molar-refractivity contribution in [1.29, 1.82) is 0 Å². The molecule has 0 bridgehead atoms. The molecule has 6 aliphatic heterocycles. The minimum Gasteiger partial charge on any atom is -0.497 e. The van der Waals surface area contributed by atoms with E-state index in [0.717, 1.165) is 37.0 Å². The zero-order valence-corrected chi connectivity index (χ0v) is 55.0. The number of ether oxygens (including phenoxy) is 3. The number of amides is 9. The number of pyridine rings is 2. The quantitative estimate of drug-likeness (QED) is 0.0837. The number of likely N-dealkylation sites (tertiary alicyclic amines) is 1. The van der Waals surface area contributed by atoms with Crippen molar-refractivity contribution < 1.29 is 56.6 Å². The number of benzene rings is 3. The van der Waals surface area contributed by atoms with Crippen LogP contribution in [0, 0.1) is 23.5 Å². The highest BCUT2D eigenvalue weighted by Gasteiger charge is 2.40. The molecule has 506 valence electrons. The summed E-state index contributed by atoms with van der Waals surface area (Å²) in [6.07, 6.45) is 13.3. The van der Waals surface area contributed by atoms with Crippen molar-refractivity contribution in [2.75, 3.05) is 66.6 Å². The van der Waals surface area contributed by atoms with Crippen molar-refractivity contribution in [2.45, 2.75) is 84.8 Å². The first-order valence-electron chi connectivity index (χ1n) is 32.9. The van der Waals surface area contributed by atoms with Crippen LogP contribution in [0.3, 0.4) is 0 Å². The van der Waals surface area contributed by atoms with E-state index in [-0.39, 0.29) is 72.5 Å². The lowest BCUT2D eigenvalue weighted by Crippen LogP contribution is -2.47. The Morgan fingerprint density at radius 1 is 0.622 bits per heavy atom. The number of urea groups is 2. The molecule has 0 atom stereocenters. The molecule has 9 aromatic rings. The predicted molar refractivity (Wildman–Crippen MR) is 360 cm³/mol. The summed E-state index contributed by atoms with van der Waals surface area (Å²) in [7, 11) is 3.15. The maximum Gasteiger partial charge on any atom is 0.410 e. The summed E-state index contributed by atoms with van der Waals surface area (Å²) in [5.41, 5.74) is 6.60. The summed E-state index contributed by atoms with van der Waals surface area (Å²) >= 11 is 0. The number of imide groups is 2. The van der Waals surface area contributed by atoms with E-state index in [4.69, 9.17) is 14.2 Å². The summed E-state index contributed by atoms with van der Waals surface area (Å²) in [6.45, 7) is 11.6. The van der Waals surface area contributed by atoms with Crippen LogP contribution in [0.4, 0.5) is 23.2 Å². The maximum absolute atomic E-state index is 15.7. The second-order valence-corrected chi connectivity index (χ2v) is 26.6. The van der Waals surface area contributed by atoms with Gasteiger partial charge in [0, 0.05) is 124 Å². The van der Waals surface area contributed by atoms with Crippen LogP contribution in [-0.2, 0) is 56.6 Å². The molecule has 4 N–H and O–H groups in total. The van der Waals surface area contributed by atoms with Gasteiger partial charge in [-0.05, 0) is 143 Å². The van der Waals surface area contributed by atoms with Crippen LogP contribution in [-0.4, -0.2) is 161 Å². The molecule has 0 aliphatic carbocycles. The van der Waals surface area contributed by atoms with Gasteiger partial charge in [-0.15, -0.1) is 0 Å². The number of piperidine rings is 2. The number of fused-ring (bicyclic) bond motifs is 2. The molecular weight excluding hydrogens is 1260 g/mol. The largest absolute Gasteiger partial charge is 0.497 e. The number of carbonyl (C=O) groups is 7. The molecule has 0 saturated carbocycles. The average molecular weight is 1330 g/mol. The lowest BCUT2D eigenvalue weighted by Gasteiger charge is -2.37. The zero-order chi connectivity index (χ0) is 68.3. The van der Waals surface area contributed by atoms with Crippen LogP contribution in [0.25, 0.3) is 55.4 Å². The van der Waals surface area contributed by atoms with E-state index in [9.17, 15) is 33.6 Å². The number of nitrogens with zero attached hydrogens (tertiary/aromatic N) is 10. The number of imidazole rings is 2. The third-order valence-electron chi connectivity index (χ3n) is 19.2. The van der Waals surface area contributed by atoms with Gasteiger partial charge in [0.25, 0.3) is 23.6 Å². The fraction of sp³-hybridized carbons (Fsp3) is 0.347. The van der Waals surface area contributed by atoms with E-state index in [2.05, 4.69) is 31.2 Å². The Hall–Kier alpha value is -10.9. The molecule has 3 aromatic carbocycles. The minimum atomic E-state index is -0.599. The highest BCUT2D eigenvalue weighted by molar-refractivity contribution is 6.50. The summed E-state index contributed by atoms with van der Waals surface area (Å²) in [4.78, 5) is 110. The highest BCUT2D eigenvalue weighted by atomic mass is 19.1. The van der Waals surface area contributed by atoms with Gasteiger partial charge in [0.2, 0.25) is 0 Å². The molecule has 15 rings (SSSR count). The molecule has 6 aliphatic rings. The fourth-order valence-electron chi connectivity index (χ4n) is 14.4. The monoisotopic (exact) mass is 1330 g/mol. The number of carbonyl (C=O) groups excluding carboxylic acids is 7. The Labute approximate surface area is 561 Å². The van der Waals surface area contributed by atoms with Crippen LogP contribution in [0.5, 0.6) is 11.5 Å². The van der Waals surface area contributed by atoms with Crippen molar-refractivity contribution in [2.24, 2.45) is 11.8 Å². The number of methoxy groups -OCH3 is 2. The lowest BCUT2D eigenvalue weighted by atomic mass is 9.96. The fourth-order valence-corrected chi connectivity index (χ4v) is 14.4. The van der Waals surface area contributed by atoms with Gasteiger partial charge in [-0.25, -0.2) is 33.1 Å². The Kier molecular flexibility index (Phi) is 17.3. The smallest absolute Gasteiger partial charge is 0.410 e. The van der Waals surface area contributed by atoms with Crippen molar-refractivity contribution >= 4 is 97.2 Å². The molecule has 24 nitrogen and oxygen atoms in total. The first-order valence-corrected chi connectivity index (χ1v) is 32.9. The van der Waals surface area contributed by atoms with Crippen LogP contribution >= 0.6 is 0 Å². The second kappa shape index (κ2) is 26.3. The molecule has 9 amide bonds. The van der Waals surface area contributed by atoms with Crippen LogP contribution in [0.15, 0.2) is 116 Å². The summed E-state index contributed by atoms with van der Waals surface area (Å²) < 4.78 is 54.9. The summed E-state index contributed by atoms with van der Waals surface area (Å²) in [6, 6.07) is 21.7. The summed E-state index contributed by atoms with van der Waals surface area (Å²) in [5.74, 6) is -1.44. The zero-order valence-electron chi connectivity index (χ0n) is 55.0. The number of halogens is 2. The Morgan fingerprint density at radius 3 is 1.70 bits per heavy atom. The standard InChI is InChI=1S/C43H46FN7O7.C29H28FN7O3/c1-43(2,3)58-42(55)47-14-11-26(12-15-47)22-50(23-27-9-10-30(56-4)20-34(27)57-5)41(54)49-17-16-48-25-32(31-19-29(44)18-28(24-49)38(31)48)36-37(40(53)46-39(36)52)33-21-45-35-8-6-7-13-51(33)35;30-19-11-18-15-36(29(40)33-13-17-4-6-31-7-5-17)10-9-35-16-21(20(12-19)26(18)35)24-25(28(39)34-27(24)38)22-14-32-23-3-1-2-8-37(22)23/h6-10,13,18-21,25-26H,11-12,14-17,22-24H2,1-5H3,(H,46,52,53);1-3,8,11-12,14,16-17,31H,4-7,9-10,13,15H2,(H,33,40)(H,34,38,39). The lowest BCUT2D eigenvalue weighted by molar-refractivity contribution is -0.124. The number of aromatic nitrogens is 6. The van der Waals surface area contributed by atoms with Crippen molar-refractivity contribution in [3.05, 3.63) is 167 Å². The van der Waals surface area contributed by atoms with Gasteiger partial charge in [0.15, 0.2) is 0 Å². The molecule has 12 heterocycles.